The predicted octanol–water partition coefficient (Wildman–Crippen LogP) is 3.25. The molecule has 1 aromatic rings. The van der Waals surface area contributed by atoms with E-state index in [9.17, 15) is 0 Å². The van der Waals surface area contributed by atoms with E-state index in [0.29, 0.717) is 0 Å². The smallest absolute Gasteiger partial charge is 0.0693 e. The van der Waals surface area contributed by atoms with Gasteiger partial charge in [0.1, 0.15) is 0 Å². The summed E-state index contributed by atoms with van der Waals surface area (Å²) in [5.41, 5.74) is 7.31. The Hall–Kier alpha value is -0.350. The van der Waals surface area contributed by atoms with E-state index in [2.05, 4.69) is 34.9 Å². The van der Waals surface area contributed by atoms with E-state index in [1.807, 2.05) is 10.9 Å². The maximum absolute atomic E-state index is 6.17. The van der Waals surface area contributed by atoms with Crippen LogP contribution in [0.25, 0.3) is 0 Å². The normalized spacial score (nSPS) is 13.1. The van der Waals surface area contributed by atoms with Crippen molar-refractivity contribution in [3.8, 4) is 0 Å². The van der Waals surface area contributed by atoms with E-state index in [-0.39, 0.29) is 6.04 Å². The van der Waals surface area contributed by atoms with Crippen LogP contribution in [-0.4, -0.2) is 9.78 Å². The van der Waals surface area contributed by atoms with Gasteiger partial charge in [0.25, 0.3) is 0 Å². The number of rotatable bonds is 6. The molecule has 1 aromatic heterocycles. The highest BCUT2D eigenvalue weighted by atomic mass is 79.9. The Balaban J connectivity index is 2.75. The van der Waals surface area contributed by atoms with Gasteiger partial charge >= 0.3 is 0 Å². The summed E-state index contributed by atoms with van der Waals surface area (Å²) in [6.45, 7) is 5.28. The molecule has 15 heavy (non-hydrogen) atoms. The largest absolute Gasteiger partial charge is 0.323 e. The Morgan fingerprint density at radius 2 is 2.20 bits per heavy atom. The third-order valence-corrected chi connectivity index (χ3v) is 3.10. The third kappa shape index (κ3) is 3.31. The minimum atomic E-state index is 0.105. The van der Waals surface area contributed by atoms with Gasteiger partial charge in [0.05, 0.1) is 16.4 Å². The van der Waals surface area contributed by atoms with Crippen LogP contribution in [0.15, 0.2) is 10.7 Å². The first kappa shape index (κ1) is 12.7. The summed E-state index contributed by atoms with van der Waals surface area (Å²) in [5, 5.41) is 4.32. The fourth-order valence-electron chi connectivity index (χ4n) is 1.69. The van der Waals surface area contributed by atoms with Crippen molar-refractivity contribution in [3.63, 3.8) is 0 Å². The van der Waals surface area contributed by atoms with Gasteiger partial charge in [-0.25, -0.2) is 0 Å². The van der Waals surface area contributed by atoms with Gasteiger partial charge in [-0.3, -0.25) is 4.68 Å². The van der Waals surface area contributed by atoms with Gasteiger partial charge < -0.3 is 5.73 Å². The summed E-state index contributed by atoms with van der Waals surface area (Å²) in [5.74, 6) is 0. The summed E-state index contributed by atoms with van der Waals surface area (Å²) in [6.07, 6.45) is 6.32. The van der Waals surface area contributed by atoms with Crippen molar-refractivity contribution in [2.45, 2.75) is 52.1 Å². The molecule has 86 valence electrons. The molecule has 2 N–H and O–H groups in total. The molecule has 0 spiro atoms. The fourth-order valence-corrected chi connectivity index (χ4v) is 2.28. The third-order valence-electron chi connectivity index (χ3n) is 2.49. The second kappa shape index (κ2) is 6.28. The Labute approximate surface area is 100 Å². The summed E-state index contributed by atoms with van der Waals surface area (Å²) in [4.78, 5) is 0. The first-order valence-corrected chi connectivity index (χ1v) is 6.46. The minimum Gasteiger partial charge on any atom is -0.323 e. The molecule has 0 aliphatic heterocycles. The van der Waals surface area contributed by atoms with Crippen LogP contribution in [-0.2, 0) is 6.54 Å². The molecule has 0 saturated carbocycles. The molecule has 0 bridgehead atoms. The molecule has 0 aliphatic rings. The van der Waals surface area contributed by atoms with Gasteiger partial charge in [0.15, 0.2) is 0 Å². The summed E-state index contributed by atoms with van der Waals surface area (Å²) in [6, 6.07) is 0.105. The van der Waals surface area contributed by atoms with Crippen LogP contribution in [0.1, 0.15) is 51.3 Å². The molecular weight excluding hydrogens is 254 g/mol. The first-order chi connectivity index (χ1) is 7.20. The second-order valence-electron chi connectivity index (χ2n) is 3.85. The molecule has 1 unspecified atom stereocenters. The number of aromatic nitrogens is 2. The Bertz CT molecular complexity index is 296. The Kier molecular flexibility index (Phi) is 5.32. The molecule has 3 nitrogen and oxygen atoms in total. The van der Waals surface area contributed by atoms with Crippen molar-refractivity contribution < 1.29 is 0 Å². The predicted molar refractivity (Wildman–Crippen MR) is 66.7 cm³/mol. The summed E-state index contributed by atoms with van der Waals surface area (Å²) < 4.78 is 3.06. The summed E-state index contributed by atoms with van der Waals surface area (Å²) in [7, 11) is 0. The minimum absolute atomic E-state index is 0.105. The van der Waals surface area contributed by atoms with Crippen LogP contribution in [0.4, 0.5) is 0 Å². The number of nitrogens with two attached hydrogens (primary N) is 1. The highest BCUT2D eigenvalue weighted by Gasteiger charge is 2.15. The fraction of sp³-hybridized carbons (Fsp3) is 0.727. The van der Waals surface area contributed by atoms with Crippen molar-refractivity contribution >= 4 is 15.9 Å². The van der Waals surface area contributed by atoms with Crippen LogP contribution in [0.3, 0.4) is 0 Å². The van der Waals surface area contributed by atoms with Crippen LogP contribution < -0.4 is 5.73 Å². The van der Waals surface area contributed by atoms with E-state index in [1.54, 1.807) is 0 Å². The molecule has 0 saturated heterocycles. The standard InChI is InChI=1S/C11H20BrN3/c1-3-5-6-10(13)11-9(12)8-14-15(11)7-4-2/h8,10H,3-7,13H2,1-2H3. The molecular formula is C11H20BrN3. The van der Waals surface area contributed by atoms with E-state index in [1.165, 1.54) is 12.8 Å². The van der Waals surface area contributed by atoms with Crippen LogP contribution in [0, 0.1) is 0 Å². The number of nitrogens with zero attached hydrogens (tertiary/aromatic N) is 2. The van der Waals surface area contributed by atoms with Gasteiger partial charge in [0, 0.05) is 12.6 Å². The molecule has 1 heterocycles. The van der Waals surface area contributed by atoms with Gasteiger partial charge in [-0.15, -0.1) is 0 Å². The van der Waals surface area contributed by atoms with E-state index >= 15 is 0 Å². The highest BCUT2D eigenvalue weighted by Crippen LogP contribution is 2.25. The molecule has 1 atom stereocenters. The number of halogens is 1. The van der Waals surface area contributed by atoms with Crippen molar-refractivity contribution in [1.29, 1.82) is 0 Å². The number of hydrogen-bond acceptors (Lipinski definition) is 2. The zero-order chi connectivity index (χ0) is 11.3. The average Bonchev–Trinajstić information content (AvgIpc) is 2.57. The lowest BCUT2D eigenvalue weighted by atomic mass is 10.1. The molecule has 1 rings (SSSR count). The van der Waals surface area contributed by atoms with Crippen molar-refractivity contribution in [1.82, 2.24) is 9.78 Å². The maximum atomic E-state index is 6.17. The second-order valence-corrected chi connectivity index (χ2v) is 4.70. The lowest BCUT2D eigenvalue weighted by molar-refractivity contribution is 0.510. The average molecular weight is 274 g/mol. The van der Waals surface area contributed by atoms with Gasteiger partial charge in [0.2, 0.25) is 0 Å². The molecule has 0 fully saturated rings. The molecule has 4 heteroatoms. The first-order valence-electron chi connectivity index (χ1n) is 5.67. The van der Waals surface area contributed by atoms with Crippen LogP contribution in [0.2, 0.25) is 0 Å². The highest BCUT2D eigenvalue weighted by molar-refractivity contribution is 9.10. The molecule has 0 aliphatic carbocycles. The number of aryl methyl sites for hydroxylation is 1. The molecule has 0 amide bonds. The SMILES string of the molecule is CCCCC(N)c1c(Br)cnn1CCC. The maximum Gasteiger partial charge on any atom is 0.0693 e. The van der Waals surface area contributed by atoms with Gasteiger partial charge in [-0.1, -0.05) is 26.7 Å². The topological polar surface area (TPSA) is 43.8 Å². The van der Waals surface area contributed by atoms with Crippen LogP contribution in [0.5, 0.6) is 0 Å². The Morgan fingerprint density at radius 3 is 2.80 bits per heavy atom. The molecule has 0 aromatic carbocycles. The zero-order valence-electron chi connectivity index (χ0n) is 9.54. The zero-order valence-corrected chi connectivity index (χ0v) is 11.1. The Morgan fingerprint density at radius 1 is 1.47 bits per heavy atom. The van der Waals surface area contributed by atoms with Crippen LogP contribution >= 0.6 is 15.9 Å². The van der Waals surface area contributed by atoms with Crippen molar-refractivity contribution in [2.75, 3.05) is 0 Å². The van der Waals surface area contributed by atoms with Crippen molar-refractivity contribution in [2.24, 2.45) is 5.73 Å². The lowest BCUT2D eigenvalue weighted by Gasteiger charge is -2.14. The van der Waals surface area contributed by atoms with E-state index < -0.39 is 0 Å². The van der Waals surface area contributed by atoms with E-state index in [4.69, 9.17) is 5.73 Å². The van der Waals surface area contributed by atoms with Gasteiger partial charge in [-0.2, -0.15) is 5.10 Å². The summed E-state index contributed by atoms with van der Waals surface area (Å²) >= 11 is 3.52. The number of hydrogen-bond donors (Lipinski definition) is 1. The van der Waals surface area contributed by atoms with Gasteiger partial charge in [-0.05, 0) is 28.8 Å². The number of unbranched alkanes of at least 4 members (excludes halogenated alkanes) is 1. The van der Waals surface area contributed by atoms with Crippen molar-refractivity contribution in [3.05, 3.63) is 16.4 Å². The lowest BCUT2D eigenvalue weighted by Crippen LogP contribution is -2.16. The molecule has 0 radical (unpaired) electrons. The monoisotopic (exact) mass is 273 g/mol. The van der Waals surface area contributed by atoms with E-state index in [0.717, 1.165) is 29.6 Å². The quantitative estimate of drug-likeness (QED) is 0.865.